The van der Waals surface area contributed by atoms with Crippen LogP contribution in [0.15, 0.2) is 52.1 Å². The van der Waals surface area contributed by atoms with Crippen molar-refractivity contribution in [3.63, 3.8) is 0 Å². The molecule has 1 N–H and O–H groups in total. The van der Waals surface area contributed by atoms with Crippen molar-refractivity contribution in [3.05, 3.63) is 48.0 Å². The lowest BCUT2D eigenvalue weighted by molar-refractivity contribution is 0.126. The lowest BCUT2D eigenvalue weighted by atomic mass is 10.2. The fraction of sp³-hybridized carbons (Fsp3) is 0.300. The van der Waals surface area contributed by atoms with Crippen LogP contribution in [-0.4, -0.2) is 48.0 Å². The summed E-state index contributed by atoms with van der Waals surface area (Å²) in [4.78, 5) is 0. The number of aryl methyl sites for hydroxylation is 1. The third-order valence-electron chi connectivity index (χ3n) is 3.93. The Morgan fingerprint density at radius 3 is 2.46 bits per heavy atom. The number of aliphatic hydroxyl groups is 1. The van der Waals surface area contributed by atoms with E-state index in [0.717, 1.165) is 11.3 Å². The highest BCUT2D eigenvalue weighted by Crippen LogP contribution is 2.30. The molecule has 0 aliphatic rings. The number of aromatic nitrogens is 2. The molecule has 0 radical (unpaired) electrons. The molecule has 3 aromatic rings. The first-order chi connectivity index (χ1) is 13.6. The molecule has 0 amide bonds. The predicted molar refractivity (Wildman–Crippen MR) is 106 cm³/mol. The van der Waals surface area contributed by atoms with E-state index in [0.29, 0.717) is 33.9 Å². The number of hydrogen-bond acceptors (Lipinski definition) is 8. The maximum atomic E-state index is 10.2. The van der Waals surface area contributed by atoms with E-state index in [9.17, 15) is 5.11 Å². The molecule has 0 unspecified atom stereocenters. The second-order valence-electron chi connectivity index (χ2n) is 6.02. The Morgan fingerprint density at radius 1 is 1.07 bits per heavy atom. The van der Waals surface area contributed by atoms with Crippen LogP contribution in [0.2, 0.25) is 0 Å². The largest absolute Gasteiger partial charge is 0.497 e. The summed E-state index contributed by atoms with van der Waals surface area (Å²) in [5.41, 5.74) is 1.72. The Kier molecular flexibility index (Phi) is 6.78. The van der Waals surface area contributed by atoms with Crippen molar-refractivity contribution in [2.24, 2.45) is 0 Å². The smallest absolute Gasteiger partial charge is 0.276 e. The van der Waals surface area contributed by atoms with Crippen molar-refractivity contribution >= 4 is 11.8 Å². The van der Waals surface area contributed by atoms with Gasteiger partial charge >= 0.3 is 0 Å². The molecule has 3 rings (SSSR count). The second-order valence-corrected chi connectivity index (χ2v) is 6.99. The number of rotatable bonds is 9. The molecule has 1 aromatic heterocycles. The minimum atomic E-state index is -0.670. The SMILES string of the molecule is COc1cc(OC)cc(-c2nnc(SC[C@@H](O)COc3ccccc3C)o2)c1. The standard InChI is InChI=1S/C20H22N2O5S/c1-13-6-4-5-7-18(13)26-11-15(23)12-28-20-22-21-19(27-20)14-8-16(24-2)10-17(9-14)25-3/h4-10,15,23H,11-12H2,1-3H3/t15-/m0/s1. The first-order valence-electron chi connectivity index (χ1n) is 8.65. The van der Waals surface area contributed by atoms with Crippen LogP contribution in [-0.2, 0) is 0 Å². The van der Waals surface area contributed by atoms with Gasteiger partial charge in [-0.1, -0.05) is 30.0 Å². The van der Waals surface area contributed by atoms with Crippen LogP contribution in [0.1, 0.15) is 5.56 Å². The molecule has 0 aliphatic heterocycles. The molecule has 0 spiro atoms. The van der Waals surface area contributed by atoms with Gasteiger partial charge in [-0.15, -0.1) is 10.2 Å². The topological polar surface area (TPSA) is 86.8 Å². The predicted octanol–water partition coefficient (Wildman–Crippen LogP) is 3.59. The molecule has 28 heavy (non-hydrogen) atoms. The fourth-order valence-corrected chi connectivity index (χ4v) is 3.10. The maximum absolute atomic E-state index is 10.2. The Morgan fingerprint density at radius 2 is 1.79 bits per heavy atom. The van der Waals surface area contributed by atoms with Crippen molar-refractivity contribution in [2.75, 3.05) is 26.6 Å². The zero-order chi connectivity index (χ0) is 19.9. The molecule has 1 atom stereocenters. The molecule has 148 valence electrons. The van der Waals surface area contributed by atoms with E-state index in [4.69, 9.17) is 18.6 Å². The van der Waals surface area contributed by atoms with Gasteiger partial charge in [-0.05, 0) is 30.7 Å². The van der Waals surface area contributed by atoms with Gasteiger partial charge in [0.25, 0.3) is 5.22 Å². The molecule has 0 saturated carbocycles. The molecular weight excluding hydrogens is 380 g/mol. The van der Waals surface area contributed by atoms with Crippen molar-refractivity contribution < 1.29 is 23.7 Å². The number of para-hydroxylation sites is 1. The van der Waals surface area contributed by atoms with E-state index in [1.54, 1.807) is 32.4 Å². The Hall–Kier alpha value is -2.71. The van der Waals surface area contributed by atoms with Gasteiger partial charge in [0.2, 0.25) is 5.89 Å². The van der Waals surface area contributed by atoms with E-state index in [-0.39, 0.29) is 6.61 Å². The number of benzene rings is 2. The van der Waals surface area contributed by atoms with Gasteiger partial charge in [0.1, 0.15) is 23.9 Å². The number of hydrogen-bond donors (Lipinski definition) is 1. The first kappa shape index (κ1) is 20.0. The molecule has 0 fully saturated rings. The molecule has 1 heterocycles. The molecule has 8 heteroatoms. The summed E-state index contributed by atoms with van der Waals surface area (Å²) >= 11 is 1.27. The molecule has 0 aliphatic carbocycles. The van der Waals surface area contributed by atoms with Crippen LogP contribution < -0.4 is 14.2 Å². The minimum absolute atomic E-state index is 0.186. The van der Waals surface area contributed by atoms with Crippen molar-refractivity contribution in [3.8, 4) is 28.7 Å². The van der Waals surface area contributed by atoms with Crippen LogP contribution in [0.3, 0.4) is 0 Å². The lowest BCUT2D eigenvalue weighted by Crippen LogP contribution is -2.20. The summed E-state index contributed by atoms with van der Waals surface area (Å²) in [5, 5.41) is 18.6. The van der Waals surface area contributed by atoms with Crippen LogP contribution >= 0.6 is 11.8 Å². The Balaban J connectivity index is 1.57. The quantitative estimate of drug-likeness (QED) is 0.544. The summed E-state index contributed by atoms with van der Waals surface area (Å²) in [7, 11) is 3.15. The van der Waals surface area contributed by atoms with Crippen LogP contribution in [0.4, 0.5) is 0 Å². The van der Waals surface area contributed by atoms with Gasteiger partial charge in [-0.25, -0.2) is 0 Å². The Labute approximate surface area is 167 Å². The van der Waals surface area contributed by atoms with E-state index in [1.165, 1.54) is 11.8 Å². The minimum Gasteiger partial charge on any atom is -0.497 e. The average Bonchev–Trinajstić information content (AvgIpc) is 3.20. The van der Waals surface area contributed by atoms with Gasteiger partial charge in [-0.3, -0.25) is 0 Å². The van der Waals surface area contributed by atoms with E-state index in [1.807, 2.05) is 31.2 Å². The first-order valence-corrected chi connectivity index (χ1v) is 9.64. The summed E-state index contributed by atoms with van der Waals surface area (Å²) in [6, 6.07) is 13.0. The number of methoxy groups -OCH3 is 2. The number of ether oxygens (including phenoxy) is 3. The average molecular weight is 402 g/mol. The van der Waals surface area contributed by atoms with Crippen molar-refractivity contribution in [2.45, 2.75) is 18.3 Å². The molecule has 0 saturated heterocycles. The van der Waals surface area contributed by atoms with Gasteiger partial charge in [0.15, 0.2) is 0 Å². The highest BCUT2D eigenvalue weighted by molar-refractivity contribution is 7.99. The molecule has 2 aromatic carbocycles. The summed E-state index contributed by atoms with van der Waals surface area (Å²) in [5.74, 6) is 2.74. The number of nitrogens with zero attached hydrogens (tertiary/aromatic N) is 2. The van der Waals surface area contributed by atoms with Gasteiger partial charge in [-0.2, -0.15) is 0 Å². The third kappa shape index (κ3) is 5.17. The highest BCUT2D eigenvalue weighted by Gasteiger charge is 2.14. The Bertz CT molecular complexity index is 893. The van der Waals surface area contributed by atoms with Gasteiger partial charge in [0, 0.05) is 17.4 Å². The van der Waals surface area contributed by atoms with Crippen molar-refractivity contribution in [1.82, 2.24) is 10.2 Å². The van der Waals surface area contributed by atoms with Gasteiger partial charge in [0.05, 0.1) is 20.3 Å². The van der Waals surface area contributed by atoms with Crippen LogP contribution in [0.5, 0.6) is 17.2 Å². The zero-order valence-corrected chi connectivity index (χ0v) is 16.7. The number of aliphatic hydroxyl groups excluding tert-OH is 1. The van der Waals surface area contributed by atoms with Gasteiger partial charge < -0.3 is 23.7 Å². The maximum Gasteiger partial charge on any atom is 0.276 e. The highest BCUT2D eigenvalue weighted by atomic mass is 32.2. The zero-order valence-electron chi connectivity index (χ0n) is 15.9. The number of thioether (sulfide) groups is 1. The second kappa shape index (κ2) is 9.48. The third-order valence-corrected chi connectivity index (χ3v) is 4.89. The monoisotopic (exact) mass is 402 g/mol. The van der Waals surface area contributed by atoms with Crippen molar-refractivity contribution in [1.29, 1.82) is 0 Å². The molecular formula is C20H22N2O5S. The van der Waals surface area contributed by atoms with Crippen LogP contribution in [0.25, 0.3) is 11.5 Å². The van der Waals surface area contributed by atoms with E-state index >= 15 is 0 Å². The molecule has 7 nitrogen and oxygen atoms in total. The van der Waals surface area contributed by atoms with E-state index in [2.05, 4.69) is 10.2 Å². The normalized spacial score (nSPS) is 11.9. The van der Waals surface area contributed by atoms with Crippen LogP contribution in [0, 0.1) is 6.92 Å². The lowest BCUT2D eigenvalue weighted by Gasteiger charge is -2.12. The fourth-order valence-electron chi connectivity index (χ4n) is 2.44. The summed E-state index contributed by atoms with van der Waals surface area (Å²) < 4.78 is 21.8. The summed E-state index contributed by atoms with van der Waals surface area (Å²) in [6.07, 6.45) is -0.670. The summed E-state index contributed by atoms with van der Waals surface area (Å²) in [6.45, 7) is 2.15. The molecule has 0 bridgehead atoms. The van der Waals surface area contributed by atoms with E-state index < -0.39 is 6.10 Å².